The number of thiophene rings is 1. The Balaban J connectivity index is 1.68. The number of anilines is 1. The number of hydrogen-bond donors (Lipinski definition) is 1. The number of nitrogens with zero attached hydrogens (tertiary/aromatic N) is 4. The van der Waals surface area contributed by atoms with Crippen LogP contribution >= 0.6 is 27.3 Å². The Bertz CT molecular complexity index is 1180. The van der Waals surface area contributed by atoms with Crippen LogP contribution in [0.15, 0.2) is 46.2 Å². The van der Waals surface area contributed by atoms with E-state index in [1.807, 2.05) is 24.3 Å². The molecule has 0 bridgehead atoms. The first-order chi connectivity index (χ1) is 12.7. The van der Waals surface area contributed by atoms with Crippen molar-refractivity contribution in [3.8, 4) is 5.69 Å². The molecule has 1 saturated carbocycles. The van der Waals surface area contributed by atoms with E-state index in [1.165, 1.54) is 24.2 Å². The molecule has 130 valence electrons. The number of rotatable bonds is 4. The maximum atomic E-state index is 13.0. The molecule has 1 N–H and O–H groups in total. The smallest absolute Gasteiger partial charge is 0.275 e. The SMILES string of the molecule is O=c1c2sc3ncnc(NCC4CC4)c3c2ncn1-c1ccc(Br)cc1. The zero-order valence-corrected chi connectivity index (χ0v) is 16.0. The first-order valence-electron chi connectivity index (χ1n) is 8.35. The first-order valence-corrected chi connectivity index (χ1v) is 9.96. The van der Waals surface area contributed by atoms with Crippen LogP contribution in [0.25, 0.3) is 26.1 Å². The average Bonchev–Trinajstić information content (AvgIpc) is 3.40. The molecular weight excluding hydrogens is 414 g/mol. The summed E-state index contributed by atoms with van der Waals surface area (Å²) in [5, 5.41) is 4.24. The molecule has 0 unspecified atom stereocenters. The third-order valence-corrected chi connectivity index (χ3v) is 6.14. The molecule has 4 aromatic rings. The van der Waals surface area contributed by atoms with E-state index in [0.717, 1.165) is 38.7 Å². The molecule has 0 amide bonds. The standard InChI is InChI=1S/C18H14BrN5OS/c19-11-3-5-12(6-4-11)24-9-23-14-13-16(20-7-10-1-2-10)21-8-22-17(13)26-15(14)18(24)25/h3-6,8-10H,1-2,7H2,(H,20,21,22). The number of benzene rings is 1. The van der Waals surface area contributed by atoms with Gasteiger partial charge >= 0.3 is 0 Å². The predicted octanol–water partition coefficient (Wildman–Crippen LogP) is 3.97. The molecule has 8 heteroatoms. The van der Waals surface area contributed by atoms with Crippen molar-refractivity contribution in [1.29, 1.82) is 0 Å². The lowest BCUT2D eigenvalue weighted by Crippen LogP contribution is -2.17. The first kappa shape index (κ1) is 15.9. The zero-order chi connectivity index (χ0) is 17.7. The largest absolute Gasteiger partial charge is 0.369 e. The molecular formula is C18H14BrN5OS. The van der Waals surface area contributed by atoms with Gasteiger partial charge < -0.3 is 5.32 Å². The van der Waals surface area contributed by atoms with Crippen LogP contribution in [0.4, 0.5) is 5.82 Å². The van der Waals surface area contributed by atoms with Gasteiger partial charge in [0, 0.05) is 11.0 Å². The van der Waals surface area contributed by atoms with E-state index in [9.17, 15) is 4.79 Å². The van der Waals surface area contributed by atoms with Crippen LogP contribution in [0.5, 0.6) is 0 Å². The normalized spacial score (nSPS) is 14.2. The average molecular weight is 428 g/mol. The Morgan fingerprint density at radius 1 is 1.19 bits per heavy atom. The quantitative estimate of drug-likeness (QED) is 0.533. The lowest BCUT2D eigenvalue weighted by molar-refractivity contribution is 0.884. The second-order valence-electron chi connectivity index (χ2n) is 6.40. The van der Waals surface area contributed by atoms with Gasteiger partial charge in [-0.3, -0.25) is 9.36 Å². The summed E-state index contributed by atoms with van der Waals surface area (Å²) >= 11 is 4.78. The van der Waals surface area contributed by atoms with Crippen molar-refractivity contribution in [3.63, 3.8) is 0 Å². The maximum Gasteiger partial charge on any atom is 0.275 e. The highest BCUT2D eigenvalue weighted by Crippen LogP contribution is 2.34. The van der Waals surface area contributed by atoms with E-state index in [4.69, 9.17) is 0 Å². The van der Waals surface area contributed by atoms with E-state index < -0.39 is 0 Å². The van der Waals surface area contributed by atoms with Crippen molar-refractivity contribution >= 4 is 53.5 Å². The summed E-state index contributed by atoms with van der Waals surface area (Å²) in [4.78, 5) is 27.1. The molecule has 0 atom stereocenters. The summed E-state index contributed by atoms with van der Waals surface area (Å²) in [6.07, 6.45) is 5.65. The second-order valence-corrected chi connectivity index (χ2v) is 8.32. The van der Waals surface area contributed by atoms with Crippen LogP contribution in [-0.2, 0) is 0 Å². The maximum absolute atomic E-state index is 13.0. The molecule has 0 radical (unpaired) electrons. The number of hydrogen-bond acceptors (Lipinski definition) is 6. The van der Waals surface area contributed by atoms with Crippen molar-refractivity contribution in [3.05, 3.63) is 51.7 Å². The van der Waals surface area contributed by atoms with E-state index in [0.29, 0.717) is 10.2 Å². The van der Waals surface area contributed by atoms with Gasteiger partial charge in [0.05, 0.1) is 11.1 Å². The number of fused-ring (bicyclic) bond motifs is 3. The van der Waals surface area contributed by atoms with Crippen LogP contribution in [0.1, 0.15) is 12.8 Å². The molecule has 3 heterocycles. The molecule has 5 rings (SSSR count). The van der Waals surface area contributed by atoms with E-state index in [1.54, 1.807) is 17.2 Å². The molecule has 0 saturated heterocycles. The van der Waals surface area contributed by atoms with Crippen molar-refractivity contribution in [2.24, 2.45) is 5.92 Å². The minimum absolute atomic E-state index is 0.0894. The van der Waals surface area contributed by atoms with Crippen LogP contribution < -0.4 is 10.9 Å². The fourth-order valence-corrected chi connectivity index (χ4v) is 4.24. The van der Waals surface area contributed by atoms with Crippen molar-refractivity contribution < 1.29 is 0 Å². The Kier molecular flexibility index (Phi) is 3.75. The van der Waals surface area contributed by atoms with E-state index >= 15 is 0 Å². The lowest BCUT2D eigenvalue weighted by Gasteiger charge is -2.06. The molecule has 0 spiro atoms. The number of halogens is 1. The lowest BCUT2D eigenvalue weighted by atomic mass is 10.3. The number of nitrogens with one attached hydrogen (secondary N) is 1. The zero-order valence-electron chi connectivity index (χ0n) is 13.6. The van der Waals surface area contributed by atoms with Crippen LogP contribution in [0, 0.1) is 5.92 Å². The fraction of sp³-hybridized carbons (Fsp3) is 0.222. The monoisotopic (exact) mass is 427 g/mol. The van der Waals surface area contributed by atoms with Crippen molar-refractivity contribution in [1.82, 2.24) is 19.5 Å². The molecule has 1 fully saturated rings. The molecule has 6 nitrogen and oxygen atoms in total. The molecule has 0 aliphatic heterocycles. The van der Waals surface area contributed by atoms with Crippen LogP contribution in [0.2, 0.25) is 0 Å². The predicted molar refractivity (Wildman–Crippen MR) is 107 cm³/mol. The fourth-order valence-electron chi connectivity index (χ4n) is 2.95. The van der Waals surface area contributed by atoms with Gasteiger partial charge in [0.1, 0.15) is 33.5 Å². The summed E-state index contributed by atoms with van der Waals surface area (Å²) in [6, 6.07) is 7.58. The highest BCUT2D eigenvalue weighted by molar-refractivity contribution is 9.10. The van der Waals surface area contributed by atoms with Gasteiger partial charge in [0.15, 0.2) is 0 Å². The van der Waals surface area contributed by atoms with Crippen LogP contribution in [-0.4, -0.2) is 26.1 Å². The highest BCUT2D eigenvalue weighted by atomic mass is 79.9. The van der Waals surface area contributed by atoms with Gasteiger partial charge in [-0.1, -0.05) is 15.9 Å². The third-order valence-electron chi connectivity index (χ3n) is 4.54. The summed E-state index contributed by atoms with van der Waals surface area (Å²) < 4.78 is 3.13. The van der Waals surface area contributed by atoms with Gasteiger partial charge in [-0.05, 0) is 43.0 Å². The minimum atomic E-state index is -0.0894. The van der Waals surface area contributed by atoms with Crippen molar-refractivity contribution in [2.45, 2.75) is 12.8 Å². The molecule has 1 aliphatic rings. The van der Waals surface area contributed by atoms with Gasteiger partial charge in [-0.25, -0.2) is 15.0 Å². The van der Waals surface area contributed by atoms with Crippen molar-refractivity contribution in [2.75, 3.05) is 11.9 Å². The minimum Gasteiger partial charge on any atom is -0.369 e. The summed E-state index contributed by atoms with van der Waals surface area (Å²) in [7, 11) is 0. The summed E-state index contributed by atoms with van der Waals surface area (Å²) in [6.45, 7) is 0.902. The Morgan fingerprint density at radius 2 is 2.00 bits per heavy atom. The Hall–Kier alpha value is -2.32. The van der Waals surface area contributed by atoms with E-state index in [-0.39, 0.29) is 5.56 Å². The molecule has 1 aliphatic carbocycles. The number of aromatic nitrogens is 4. The van der Waals surface area contributed by atoms with Crippen LogP contribution in [0.3, 0.4) is 0 Å². The molecule has 3 aromatic heterocycles. The van der Waals surface area contributed by atoms with Gasteiger partial charge in [0.2, 0.25) is 0 Å². The summed E-state index contributed by atoms with van der Waals surface area (Å²) in [5.41, 5.74) is 1.36. The van der Waals surface area contributed by atoms with Gasteiger partial charge in [0.25, 0.3) is 5.56 Å². The summed E-state index contributed by atoms with van der Waals surface area (Å²) in [5.74, 6) is 1.49. The Morgan fingerprint density at radius 3 is 2.77 bits per heavy atom. The third kappa shape index (κ3) is 2.69. The van der Waals surface area contributed by atoms with E-state index in [2.05, 4.69) is 36.2 Å². The van der Waals surface area contributed by atoms with Gasteiger partial charge in [-0.2, -0.15) is 0 Å². The Labute approximate surface area is 161 Å². The molecule has 26 heavy (non-hydrogen) atoms. The topological polar surface area (TPSA) is 72.7 Å². The highest BCUT2D eigenvalue weighted by Gasteiger charge is 2.22. The van der Waals surface area contributed by atoms with Gasteiger partial charge in [-0.15, -0.1) is 11.3 Å². The second kappa shape index (κ2) is 6.14. The molecule has 1 aromatic carbocycles.